The molecule has 3 rings (SSSR count). The summed E-state index contributed by atoms with van der Waals surface area (Å²) in [5, 5.41) is 13.4. The lowest BCUT2D eigenvalue weighted by Crippen LogP contribution is -2.40. The summed E-state index contributed by atoms with van der Waals surface area (Å²) in [5.41, 5.74) is 0.411. The van der Waals surface area contributed by atoms with Crippen LogP contribution < -0.4 is 16.6 Å². The highest BCUT2D eigenvalue weighted by Gasteiger charge is 2.27. The van der Waals surface area contributed by atoms with Gasteiger partial charge < -0.3 is 10.4 Å². The van der Waals surface area contributed by atoms with Crippen LogP contribution in [-0.4, -0.2) is 26.6 Å². The summed E-state index contributed by atoms with van der Waals surface area (Å²) in [6, 6.07) is 7.63. The van der Waals surface area contributed by atoms with Crippen LogP contribution in [0.15, 0.2) is 33.9 Å². The van der Waals surface area contributed by atoms with Crippen molar-refractivity contribution in [1.29, 1.82) is 0 Å². The zero-order chi connectivity index (χ0) is 17.4. The molecule has 2 heterocycles. The number of carbonyl (C=O) groups is 1. The summed E-state index contributed by atoms with van der Waals surface area (Å²) in [4.78, 5) is 36.7. The van der Waals surface area contributed by atoms with E-state index < -0.39 is 22.9 Å². The van der Waals surface area contributed by atoms with Gasteiger partial charge in [-0.1, -0.05) is 24.3 Å². The minimum atomic E-state index is -0.773. The molecule has 0 amide bonds. The zero-order valence-electron chi connectivity index (χ0n) is 13.6. The van der Waals surface area contributed by atoms with E-state index in [2.05, 4.69) is 5.32 Å². The van der Waals surface area contributed by atoms with Crippen molar-refractivity contribution in [1.82, 2.24) is 14.5 Å². The van der Waals surface area contributed by atoms with Crippen molar-refractivity contribution < 1.29 is 9.90 Å². The SMILES string of the molecule is Cn1c(O)c(C(=O)CC2NCCc3ccccc32)c(=O)n(C)c1=O. The molecule has 1 aromatic heterocycles. The standard InChI is InChI=1S/C17H19N3O4/c1-19-15(22)14(16(23)20(2)17(19)24)13(21)9-12-11-6-4-3-5-10(11)7-8-18-12/h3-6,12,18,22H,7-9H2,1-2H3. The summed E-state index contributed by atoms with van der Waals surface area (Å²) >= 11 is 0. The van der Waals surface area contributed by atoms with E-state index in [0.717, 1.165) is 27.7 Å². The molecule has 0 aliphatic carbocycles. The molecular formula is C17H19N3O4. The molecule has 7 nitrogen and oxygen atoms in total. The first-order chi connectivity index (χ1) is 11.4. The second kappa shape index (κ2) is 6.09. The number of benzene rings is 1. The topological polar surface area (TPSA) is 93.3 Å². The first-order valence-corrected chi connectivity index (χ1v) is 7.75. The molecule has 0 bridgehead atoms. The third kappa shape index (κ3) is 2.56. The van der Waals surface area contributed by atoms with Gasteiger partial charge >= 0.3 is 5.69 Å². The molecule has 0 saturated heterocycles. The maximum atomic E-state index is 12.7. The molecule has 1 aliphatic heterocycles. The lowest BCUT2D eigenvalue weighted by Gasteiger charge is -2.26. The summed E-state index contributed by atoms with van der Waals surface area (Å²) in [6.07, 6.45) is 0.922. The van der Waals surface area contributed by atoms with Gasteiger partial charge in [-0.25, -0.2) is 4.79 Å². The third-order valence-corrected chi connectivity index (χ3v) is 4.52. The Morgan fingerprint density at radius 1 is 1.25 bits per heavy atom. The van der Waals surface area contributed by atoms with Gasteiger partial charge in [-0.2, -0.15) is 0 Å². The molecule has 126 valence electrons. The van der Waals surface area contributed by atoms with Crippen LogP contribution >= 0.6 is 0 Å². The molecule has 1 unspecified atom stereocenters. The van der Waals surface area contributed by atoms with Gasteiger partial charge in [0.1, 0.15) is 5.56 Å². The molecular weight excluding hydrogens is 310 g/mol. The van der Waals surface area contributed by atoms with Crippen LogP contribution in [0.4, 0.5) is 0 Å². The molecule has 1 atom stereocenters. The number of carbonyl (C=O) groups excluding carboxylic acids is 1. The van der Waals surface area contributed by atoms with E-state index in [9.17, 15) is 19.5 Å². The highest BCUT2D eigenvalue weighted by molar-refractivity contribution is 5.98. The highest BCUT2D eigenvalue weighted by atomic mass is 16.3. The number of hydrogen-bond donors (Lipinski definition) is 2. The first kappa shape index (κ1) is 16.2. The first-order valence-electron chi connectivity index (χ1n) is 7.75. The molecule has 0 radical (unpaired) electrons. The Morgan fingerprint density at radius 2 is 1.96 bits per heavy atom. The van der Waals surface area contributed by atoms with Crippen molar-refractivity contribution >= 4 is 5.78 Å². The van der Waals surface area contributed by atoms with Gasteiger partial charge in [-0.05, 0) is 24.1 Å². The van der Waals surface area contributed by atoms with E-state index in [0.29, 0.717) is 0 Å². The minimum Gasteiger partial charge on any atom is -0.494 e. The minimum absolute atomic E-state index is 0.0397. The van der Waals surface area contributed by atoms with Crippen molar-refractivity contribution in [3.8, 4) is 5.88 Å². The Hall–Kier alpha value is -2.67. The molecule has 7 heteroatoms. The molecule has 1 aliphatic rings. The number of hydrogen-bond acceptors (Lipinski definition) is 5. The molecule has 24 heavy (non-hydrogen) atoms. The fraction of sp³-hybridized carbons (Fsp3) is 0.353. The highest BCUT2D eigenvalue weighted by Crippen LogP contribution is 2.27. The predicted octanol–water partition coefficient (Wildman–Crippen LogP) is 0.249. The number of ketones is 1. The normalized spacial score (nSPS) is 16.7. The predicted molar refractivity (Wildman–Crippen MR) is 88.4 cm³/mol. The Kier molecular flexibility index (Phi) is 4.11. The van der Waals surface area contributed by atoms with Crippen molar-refractivity contribution in [2.45, 2.75) is 18.9 Å². The fourth-order valence-corrected chi connectivity index (χ4v) is 3.14. The van der Waals surface area contributed by atoms with E-state index in [-0.39, 0.29) is 18.0 Å². The lowest BCUT2D eigenvalue weighted by atomic mass is 9.90. The van der Waals surface area contributed by atoms with Crippen LogP contribution in [0.3, 0.4) is 0 Å². The number of rotatable bonds is 3. The van der Waals surface area contributed by atoms with Crippen LogP contribution in [0.2, 0.25) is 0 Å². The Morgan fingerprint density at radius 3 is 2.71 bits per heavy atom. The van der Waals surface area contributed by atoms with E-state index >= 15 is 0 Å². The number of nitrogens with zero attached hydrogens (tertiary/aromatic N) is 2. The largest absolute Gasteiger partial charge is 0.494 e. The maximum absolute atomic E-state index is 12.7. The zero-order valence-corrected chi connectivity index (χ0v) is 13.6. The van der Waals surface area contributed by atoms with Crippen LogP contribution in [0.1, 0.15) is 33.9 Å². The second-order valence-electron chi connectivity index (χ2n) is 5.99. The number of nitrogens with one attached hydrogen (secondary N) is 1. The number of Topliss-reactive ketones (excluding diaryl/α,β-unsaturated/α-hetero) is 1. The molecule has 1 aromatic carbocycles. The van der Waals surface area contributed by atoms with Crippen molar-refractivity contribution in [2.24, 2.45) is 14.1 Å². The molecule has 0 saturated carbocycles. The number of aromatic nitrogens is 2. The summed E-state index contributed by atoms with van der Waals surface area (Å²) in [6.45, 7) is 0.742. The summed E-state index contributed by atoms with van der Waals surface area (Å²) in [7, 11) is 2.61. The van der Waals surface area contributed by atoms with Crippen molar-refractivity contribution in [2.75, 3.05) is 6.54 Å². The van der Waals surface area contributed by atoms with Gasteiger partial charge in [-0.15, -0.1) is 0 Å². The fourth-order valence-electron chi connectivity index (χ4n) is 3.14. The quantitative estimate of drug-likeness (QED) is 0.788. The van der Waals surface area contributed by atoms with Crippen molar-refractivity contribution in [3.05, 3.63) is 61.8 Å². The number of aromatic hydroxyl groups is 1. The number of fused-ring (bicyclic) bond motifs is 1. The van der Waals surface area contributed by atoms with Gasteiger partial charge in [0.05, 0.1) is 0 Å². The lowest BCUT2D eigenvalue weighted by molar-refractivity contribution is 0.0960. The van der Waals surface area contributed by atoms with Crippen molar-refractivity contribution in [3.63, 3.8) is 0 Å². The van der Waals surface area contributed by atoms with Crippen LogP contribution in [0, 0.1) is 0 Å². The van der Waals surface area contributed by atoms with E-state index in [1.807, 2.05) is 24.3 Å². The molecule has 2 aromatic rings. The Bertz CT molecular complexity index is 926. The van der Waals surface area contributed by atoms with Gasteiger partial charge in [0.15, 0.2) is 5.78 Å². The van der Waals surface area contributed by atoms with Gasteiger partial charge in [0.25, 0.3) is 5.56 Å². The second-order valence-corrected chi connectivity index (χ2v) is 5.99. The summed E-state index contributed by atoms with van der Waals surface area (Å²) < 4.78 is 1.73. The third-order valence-electron chi connectivity index (χ3n) is 4.52. The maximum Gasteiger partial charge on any atom is 0.333 e. The van der Waals surface area contributed by atoms with Crippen LogP contribution in [-0.2, 0) is 20.5 Å². The average molecular weight is 329 g/mol. The monoisotopic (exact) mass is 329 g/mol. The Labute approximate surface area is 138 Å². The van der Waals surface area contributed by atoms with E-state index in [4.69, 9.17) is 0 Å². The van der Waals surface area contributed by atoms with E-state index in [1.54, 1.807) is 0 Å². The van der Waals surface area contributed by atoms with Gasteiger partial charge in [-0.3, -0.25) is 18.7 Å². The van der Waals surface area contributed by atoms with Crippen LogP contribution in [0.5, 0.6) is 5.88 Å². The average Bonchev–Trinajstić information content (AvgIpc) is 2.59. The Balaban J connectivity index is 1.98. The summed E-state index contributed by atoms with van der Waals surface area (Å²) in [5.74, 6) is -1.07. The smallest absolute Gasteiger partial charge is 0.333 e. The van der Waals surface area contributed by atoms with Crippen LogP contribution in [0.25, 0.3) is 0 Å². The molecule has 2 N–H and O–H groups in total. The van der Waals surface area contributed by atoms with Gasteiger partial charge in [0.2, 0.25) is 5.88 Å². The molecule has 0 spiro atoms. The van der Waals surface area contributed by atoms with E-state index in [1.165, 1.54) is 19.7 Å². The molecule has 0 fully saturated rings. The van der Waals surface area contributed by atoms with Gasteiger partial charge in [0, 0.05) is 26.6 Å².